The van der Waals surface area contributed by atoms with Crippen molar-refractivity contribution in [1.29, 1.82) is 0 Å². The van der Waals surface area contributed by atoms with Crippen LogP contribution in [0.4, 0.5) is 11.4 Å². The highest BCUT2D eigenvalue weighted by atomic mass is 16.6. The Morgan fingerprint density at radius 2 is 1.95 bits per heavy atom. The molecule has 0 aliphatic carbocycles. The molecule has 0 aromatic heterocycles. The number of nitrogens with one attached hydrogen (secondary N) is 1. The number of non-ortho nitro benzene ring substituents is 1. The number of nitro groups is 1. The third kappa shape index (κ3) is 3.33. The lowest BCUT2D eigenvalue weighted by molar-refractivity contribution is -0.384. The number of hydrogen-bond donors (Lipinski definition) is 2. The van der Waals surface area contributed by atoms with Gasteiger partial charge in [-0.05, 0) is 24.1 Å². The molecule has 0 radical (unpaired) electrons. The van der Waals surface area contributed by atoms with Crippen molar-refractivity contribution in [2.45, 2.75) is 13.0 Å². The molecule has 2 rings (SSSR count). The van der Waals surface area contributed by atoms with E-state index in [-0.39, 0.29) is 18.3 Å². The predicted molar refractivity (Wildman–Crippen MR) is 77.7 cm³/mol. The molecule has 0 spiro atoms. The number of benzene rings is 2. The van der Waals surface area contributed by atoms with Crippen molar-refractivity contribution in [3.8, 4) is 0 Å². The fourth-order valence-corrected chi connectivity index (χ4v) is 2.07. The van der Waals surface area contributed by atoms with Gasteiger partial charge in [0.15, 0.2) is 0 Å². The van der Waals surface area contributed by atoms with Gasteiger partial charge in [0.05, 0.1) is 17.6 Å². The van der Waals surface area contributed by atoms with Crippen LogP contribution in [-0.4, -0.2) is 16.6 Å². The van der Waals surface area contributed by atoms with Gasteiger partial charge in [0, 0.05) is 17.8 Å². The summed E-state index contributed by atoms with van der Waals surface area (Å²) in [5, 5.41) is 23.5. The Hall–Kier alpha value is -2.40. The maximum Gasteiger partial charge on any atom is 0.271 e. The Balaban J connectivity index is 2.26. The van der Waals surface area contributed by atoms with Gasteiger partial charge in [-0.3, -0.25) is 10.1 Å². The number of hydrogen-bond acceptors (Lipinski definition) is 4. The molecular weight excluding hydrogens is 256 g/mol. The van der Waals surface area contributed by atoms with Crippen LogP contribution >= 0.6 is 0 Å². The Kier molecular flexibility index (Phi) is 4.32. The van der Waals surface area contributed by atoms with E-state index < -0.39 is 4.92 Å². The number of aryl methyl sites for hydroxylation is 1. The van der Waals surface area contributed by atoms with E-state index >= 15 is 0 Å². The molecular formula is C15H16N2O3. The molecule has 0 heterocycles. The summed E-state index contributed by atoms with van der Waals surface area (Å²) in [6.07, 6.45) is 0. The van der Waals surface area contributed by atoms with Crippen LogP contribution in [-0.2, 0) is 0 Å². The largest absolute Gasteiger partial charge is 0.394 e. The molecule has 5 nitrogen and oxygen atoms in total. The number of nitro benzene ring substituents is 1. The van der Waals surface area contributed by atoms with Crippen molar-refractivity contribution < 1.29 is 10.0 Å². The Labute approximate surface area is 117 Å². The van der Waals surface area contributed by atoms with Gasteiger partial charge in [0.25, 0.3) is 5.69 Å². The Bertz CT molecular complexity index is 599. The minimum Gasteiger partial charge on any atom is -0.394 e. The summed E-state index contributed by atoms with van der Waals surface area (Å²) in [6, 6.07) is 14.0. The topological polar surface area (TPSA) is 75.4 Å². The van der Waals surface area contributed by atoms with Crippen molar-refractivity contribution in [3.63, 3.8) is 0 Å². The van der Waals surface area contributed by atoms with Crippen LogP contribution in [0.2, 0.25) is 0 Å². The molecule has 0 fully saturated rings. The summed E-state index contributed by atoms with van der Waals surface area (Å²) in [7, 11) is 0. The molecule has 2 aromatic carbocycles. The summed E-state index contributed by atoms with van der Waals surface area (Å²) >= 11 is 0. The number of anilines is 1. The van der Waals surface area contributed by atoms with Crippen LogP contribution in [0.1, 0.15) is 17.2 Å². The average molecular weight is 272 g/mol. The lowest BCUT2D eigenvalue weighted by atomic mass is 10.1. The van der Waals surface area contributed by atoms with E-state index in [0.717, 1.165) is 11.1 Å². The molecule has 0 aliphatic heterocycles. The molecule has 0 saturated carbocycles. The van der Waals surface area contributed by atoms with E-state index in [0.29, 0.717) is 5.69 Å². The van der Waals surface area contributed by atoms with Gasteiger partial charge in [0.2, 0.25) is 0 Å². The van der Waals surface area contributed by atoms with Crippen LogP contribution < -0.4 is 5.32 Å². The molecule has 0 amide bonds. The molecule has 0 aliphatic rings. The lowest BCUT2D eigenvalue weighted by Gasteiger charge is -2.18. The van der Waals surface area contributed by atoms with Crippen molar-refractivity contribution in [1.82, 2.24) is 0 Å². The van der Waals surface area contributed by atoms with Crippen LogP contribution in [0.5, 0.6) is 0 Å². The Morgan fingerprint density at radius 3 is 2.55 bits per heavy atom. The van der Waals surface area contributed by atoms with Gasteiger partial charge < -0.3 is 10.4 Å². The molecule has 104 valence electrons. The predicted octanol–water partition coefficient (Wildman–Crippen LogP) is 3.05. The van der Waals surface area contributed by atoms with E-state index in [1.807, 2.05) is 36.4 Å². The monoisotopic (exact) mass is 272 g/mol. The summed E-state index contributed by atoms with van der Waals surface area (Å²) in [4.78, 5) is 10.4. The van der Waals surface area contributed by atoms with Gasteiger partial charge in [-0.15, -0.1) is 0 Å². The second kappa shape index (κ2) is 6.16. The first-order valence-electron chi connectivity index (χ1n) is 6.28. The highest BCUT2D eigenvalue weighted by molar-refractivity contribution is 5.55. The second-order valence-corrected chi connectivity index (χ2v) is 4.60. The second-order valence-electron chi connectivity index (χ2n) is 4.60. The maximum atomic E-state index is 10.9. The van der Waals surface area contributed by atoms with Crippen LogP contribution in [0.3, 0.4) is 0 Å². The quantitative estimate of drug-likeness (QED) is 0.648. The van der Waals surface area contributed by atoms with E-state index in [1.165, 1.54) is 12.1 Å². The molecule has 1 unspecified atom stereocenters. The lowest BCUT2D eigenvalue weighted by Crippen LogP contribution is -2.14. The summed E-state index contributed by atoms with van der Waals surface area (Å²) in [5.41, 5.74) is 2.39. The maximum absolute atomic E-state index is 10.9. The SMILES string of the molecule is Cc1cc(NC(CO)c2ccccc2)cc([N+](=O)[O-])c1. The fraction of sp³-hybridized carbons (Fsp3) is 0.200. The van der Waals surface area contributed by atoms with Gasteiger partial charge >= 0.3 is 0 Å². The van der Waals surface area contributed by atoms with E-state index in [1.54, 1.807) is 6.92 Å². The molecule has 0 saturated heterocycles. The van der Waals surface area contributed by atoms with Gasteiger partial charge in [-0.2, -0.15) is 0 Å². The number of aliphatic hydroxyl groups is 1. The first kappa shape index (κ1) is 14.0. The smallest absolute Gasteiger partial charge is 0.271 e. The van der Waals surface area contributed by atoms with E-state index in [9.17, 15) is 15.2 Å². The normalized spacial score (nSPS) is 11.9. The molecule has 5 heteroatoms. The van der Waals surface area contributed by atoms with E-state index in [2.05, 4.69) is 5.32 Å². The van der Waals surface area contributed by atoms with Crippen LogP contribution in [0.15, 0.2) is 48.5 Å². The van der Waals surface area contributed by atoms with Crippen LogP contribution in [0.25, 0.3) is 0 Å². The standard InChI is InChI=1S/C15H16N2O3/c1-11-7-13(9-14(8-11)17(19)20)16-15(10-18)12-5-3-2-4-6-12/h2-9,15-16,18H,10H2,1H3. The minimum atomic E-state index is -0.422. The molecule has 2 N–H and O–H groups in total. The zero-order chi connectivity index (χ0) is 14.5. The van der Waals surface area contributed by atoms with Crippen LogP contribution in [0, 0.1) is 17.0 Å². The van der Waals surface area contributed by atoms with Gasteiger partial charge in [0.1, 0.15) is 0 Å². The summed E-state index contributed by atoms with van der Waals surface area (Å²) < 4.78 is 0. The van der Waals surface area contributed by atoms with Crippen molar-refractivity contribution in [2.24, 2.45) is 0 Å². The van der Waals surface area contributed by atoms with Crippen molar-refractivity contribution >= 4 is 11.4 Å². The number of aliphatic hydroxyl groups excluding tert-OH is 1. The fourth-order valence-electron chi connectivity index (χ4n) is 2.07. The average Bonchev–Trinajstić information content (AvgIpc) is 2.45. The van der Waals surface area contributed by atoms with Gasteiger partial charge in [-0.1, -0.05) is 30.3 Å². The molecule has 1 atom stereocenters. The summed E-state index contributed by atoms with van der Waals surface area (Å²) in [5.74, 6) is 0. The number of nitrogens with zero attached hydrogens (tertiary/aromatic N) is 1. The third-order valence-corrected chi connectivity index (χ3v) is 3.00. The Morgan fingerprint density at radius 1 is 1.25 bits per heavy atom. The highest BCUT2D eigenvalue weighted by Gasteiger charge is 2.13. The number of rotatable bonds is 5. The zero-order valence-corrected chi connectivity index (χ0v) is 11.1. The minimum absolute atomic E-state index is 0.0391. The third-order valence-electron chi connectivity index (χ3n) is 3.00. The first-order valence-corrected chi connectivity index (χ1v) is 6.28. The molecule has 0 bridgehead atoms. The highest BCUT2D eigenvalue weighted by Crippen LogP contribution is 2.24. The first-order chi connectivity index (χ1) is 9.60. The van der Waals surface area contributed by atoms with Gasteiger partial charge in [-0.25, -0.2) is 0 Å². The summed E-state index contributed by atoms with van der Waals surface area (Å²) in [6.45, 7) is 1.71. The zero-order valence-electron chi connectivity index (χ0n) is 11.1. The molecule has 2 aromatic rings. The van der Waals surface area contributed by atoms with E-state index in [4.69, 9.17) is 0 Å². The van der Waals surface area contributed by atoms with Crippen molar-refractivity contribution in [2.75, 3.05) is 11.9 Å². The van der Waals surface area contributed by atoms with Crippen molar-refractivity contribution in [3.05, 3.63) is 69.8 Å². The molecule has 20 heavy (non-hydrogen) atoms.